The molecule has 0 unspecified atom stereocenters. The van der Waals surface area contributed by atoms with Crippen LogP contribution in [0, 0.1) is 5.92 Å². The second-order valence-electron chi connectivity index (χ2n) is 3.24. The Kier molecular flexibility index (Phi) is 3.57. The Morgan fingerprint density at radius 3 is 2.70 bits per heavy atom. The van der Waals surface area contributed by atoms with E-state index in [1.54, 1.807) is 0 Å². The molecule has 0 aromatic rings. The molecule has 2 heteroatoms. The molecular weight excluding hydrogens is 142 g/mol. The zero-order valence-corrected chi connectivity index (χ0v) is 7.71. The van der Waals surface area contributed by atoms with Gasteiger partial charge in [-0.15, -0.1) is 0 Å². The summed E-state index contributed by atoms with van der Waals surface area (Å²) in [5.74, 6) is 2.23. The van der Waals surface area contributed by atoms with Gasteiger partial charge < -0.3 is 0 Å². The molecule has 0 aromatic heterocycles. The van der Waals surface area contributed by atoms with Crippen molar-refractivity contribution in [1.29, 1.82) is 0 Å². The molecule has 0 amide bonds. The van der Waals surface area contributed by atoms with Crippen molar-refractivity contribution in [2.45, 2.75) is 39.2 Å². The third-order valence-electron chi connectivity index (χ3n) is 1.93. The third kappa shape index (κ3) is 2.51. The van der Waals surface area contributed by atoms with Crippen molar-refractivity contribution < 1.29 is 0 Å². The van der Waals surface area contributed by atoms with Gasteiger partial charge in [0.25, 0.3) is 0 Å². The topological polar surface area (TPSA) is 12.0 Å². The van der Waals surface area contributed by atoms with Crippen LogP contribution in [-0.2, 0) is 0 Å². The van der Waals surface area contributed by atoms with Crippen molar-refractivity contribution in [3.63, 3.8) is 0 Å². The van der Waals surface area contributed by atoms with Crippen molar-refractivity contribution >= 4 is 11.9 Å². The maximum atomic E-state index is 3.47. The summed E-state index contributed by atoms with van der Waals surface area (Å²) >= 11 is 1.89. The third-order valence-corrected chi connectivity index (χ3v) is 3.04. The molecule has 0 atom stereocenters. The number of nitrogens with one attached hydrogen (secondary N) is 1. The van der Waals surface area contributed by atoms with Crippen LogP contribution in [0.4, 0.5) is 0 Å². The fourth-order valence-corrected chi connectivity index (χ4v) is 2.03. The lowest BCUT2D eigenvalue weighted by Gasteiger charge is -2.32. The Morgan fingerprint density at radius 2 is 2.20 bits per heavy atom. The van der Waals surface area contributed by atoms with E-state index >= 15 is 0 Å². The first kappa shape index (κ1) is 8.41. The second kappa shape index (κ2) is 4.24. The summed E-state index contributed by atoms with van der Waals surface area (Å²) in [7, 11) is 0. The lowest BCUT2D eigenvalue weighted by Crippen LogP contribution is -2.36. The van der Waals surface area contributed by atoms with E-state index in [0.29, 0.717) is 0 Å². The van der Waals surface area contributed by atoms with Crippen LogP contribution in [0.25, 0.3) is 0 Å². The Morgan fingerprint density at radius 1 is 1.50 bits per heavy atom. The Hall–Kier alpha value is 0.310. The number of rotatable bonds is 4. The van der Waals surface area contributed by atoms with Crippen LogP contribution in [0.3, 0.4) is 0 Å². The molecule has 0 aromatic carbocycles. The quantitative estimate of drug-likeness (QED) is 0.499. The lowest BCUT2D eigenvalue weighted by atomic mass is 9.83. The van der Waals surface area contributed by atoms with Crippen LogP contribution in [0.15, 0.2) is 0 Å². The highest BCUT2D eigenvalue weighted by atomic mass is 32.2. The predicted molar refractivity (Wildman–Crippen MR) is 48.1 cm³/mol. The molecule has 1 fully saturated rings. The molecule has 0 bridgehead atoms. The first-order valence-corrected chi connectivity index (χ1v) is 5.18. The van der Waals surface area contributed by atoms with Gasteiger partial charge in [0.15, 0.2) is 0 Å². The van der Waals surface area contributed by atoms with Crippen molar-refractivity contribution in [2.24, 2.45) is 5.92 Å². The van der Waals surface area contributed by atoms with E-state index in [-0.39, 0.29) is 0 Å². The Balaban J connectivity index is 1.86. The van der Waals surface area contributed by atoms with Crippen molar-refractivity contribution in [2.75, 3.05) is 5.75 Å². The molecule has 0 aliphatic heterocycles. The molecule has 1 rings (SSSR count). The van der Waals surface area contributed by atoms with Crippen molar-refractivity contribution in [3.8, 4) is 0 Å². The average Bonchev–Trinajstić information content (AvgIpc) is 1.85. The fraction of sp³-hybridized carbons (Fsp3) is 1.00. The van der Waals surface area contributed by atoms with Crippen LogP contribution in [-0.4, -0.2) is 11.8 Å². The van der Waals surface area contributed by atoms with Gasteiger partial charge in [-0.3, -0.25) is 4.72 Å². The summed E-state index contributed by atoms with van der Waals surface area (Å²) in [4.78, 5) is 0. The SMILES string of the molecule is CCCSN[C@H]1C[C@@H](C)C1. The zero-order chi connectivity index (χ0) is 7.40. The number of hydrogen-bond acceptors (Lipinski definition) is 2. The first-order chi connectivity index (χ1) is 4.83. The minimum atomic E-state index is 0.826. The van der Waals surface area contributed by atoms with Crippen molar-refractivity contribution in [1.82, 2.24) is 4.72 Å². The molecule has 1 nitrogen and oxygen atoms in total. The average molecular weight is 159 g/mol. The summed E-state index contributed by atoms with van der Waals surface area (Å²) in [6.07, 6.45) is 4.05. The largest absolute Gasteiger partial charge is 0.261 e. The Labute approximate surface area is 68.1 Å². The maximum Gasteiger partial charge on any atom is 0.0177 e. The molecule has 1 N–H and O–H groups in total. The molecular formula is C8H17NS. The normalized spacial score (nSPS) is 31.8. The summed E-state index contributed by atoms with van der Waals surface area (Å²) < 4.78 is 3.47. The van der Waals surface area contributed by atoms with E-state index in [1.807, 2.05) is 11.9 Å². The van der Waals surface area contributed by atoms with Gasteiger partial charge >= 0.3 is 0 Å². The van der Waals surface area contributed by atoms with Gasteiger partial charge in [0.05, 0.1) is 0 Å². The minimum absolute atomic E-state index is 0.826. The molecule has 60 valence electrons. The molecule has 0 heterocycles. The van der Waals surface area contributed by atoms with Gasteiger partial charge in [-0.05, 0) is 25.2 Å². The van der Waals surface area contributed by atoms with E-state index in [4.69, 9.17) is 0 Å². The van der Waals surface area contributed by atoms with E-state index in [9.17, 15) is 0 Å². The van der Waals surface area contributed by atoms with E-state index in [0.717, 1.165) is 12.0 Å². The monoisotopic (exact) mass is 159 g/mol. The standard InChI is InChI=1S/C8H17NS/c1-3-4-10-9-8-5-7(2)6-8/h7-9H,3-6H2,1-2H3/t7-,8+. The van der Waals surface area contributed by atoms with E-state index in [2.05, 4.69) is 18.6 Å². The van der Waals surface area contributed by atoms with Crippen molar-refractivity contribution in [3.05, 3.63) is 0 Å². The highest BCUT2D eigenvalue weighted by Gasteiger charge is 2.24. The molecule has 1 saturated carbocycles. The van der Waals surface area contributed by atoms with Gasteiger partial charge in [-0.25, -0.2) is 0 Å². The van der Waals surface area contributed by atoms with Crippen LogP contribution >= 0.6 is 11.9 Å². The molecule has 10 heavy (non-hydrogen) atoms. The van der Waals surface area contributed by atoms with Crippen LogP contribution in [0.2, 0.25) is 0 Å². The van der Waals surface area contributed by atoms with Crippen LogP contribution < -0.4 is 4.72 Å². The van der Waals surface area contributed by atoms with Crippen LogP contribution in [0.5, 0.6) is 0 Å². The molecule has 0 spiro atoms. The second-order valence-corrected chi connectivity index (χ2v) is 4.17. The van der Waals surface area contributed by atoms with E-state index < -0.39 is 0 Å². The van der Waals surface area contributed by atoms with Gasteiger partial charge in [0, 0.05) is 11.8 Å². The van der Waals surface area contributed by atoms with Gasteiger partial charge in [0.1, 0.15) is 0 Å². The Bertz CT molecular complexity index is 89.3. The predicted octanol–water partition coefficient (Wildman–Crippen LogP) is 2.43. The van der Waals surface area contributed by atoms with Crippen LogP contribution in [0.1, 0.15) is 33.1 Å². The molecule has 1 aliphatic rings. The summed E-state index contributed by atoms with van der Waals surface area (Å²) in [6.45, 7) is 4.54. The summed E-state index contributed by atoms with van der Waals surface area (Å²) in [6, 6.07) is 0.826. The molecule has 0 saturated heterocycles. The smallest absolute Gasteiger partial charge is 0.0177 e. The maximum absolute atomic E-state index is 3.47. The minimum Gasteiger partial charge on any atom is -0.261 e. The fourth-order valence-electron chi connectivity index (χ4n) is 1.28. The van der Waals surface area contributed by atoms with Gasteiger partial charge in [-0.1, -0.05) is 25.8 Å². The highest BCUT2D eigenvalue weighted by molar-refractivity contribution is 7.97. The summed E-state index contributed by atoms with van der Waals surface area (Å²) in [5, 5.41) is 0. The molecule has 0 radical (unpaired) electrons. The van der Waals surface area contributed by atoms with Gasteiger partial charge in [0.2, 0.25) is 0 Å². The molecule has 1 aliphatic carbocycles. The first-order valence-electron chi connectivity index (χ1n) is 4.20. The van der Waals surface area contributed by atoms with E-state index in [1.165, 1.54) is 25.0 Å². The highest BCUT2D eigenvalue weighted by Crippen LogP contribution is 2.27. The summed E-state index contributed by atoms with van der Waals surface area (Å²) in [5.41, 5.74) is 0. The zero-order valence-electron chi connectivity index (χ0n) is 6.89. The van der Waals surface area contributed by atoms with Gasteiger partial charge in [-0.2, -0.15) is 0 Å². The number of hydrogen-bond donors (Lipinski definition) is 1. The lowest BCUT2D eigenvalue weighted by molar-refractivity contribution is 0.275.